The third kappa shape index (κ3) is 3.97. The van der Waals surface area contributed by atoms with Crippen LogP contribution >= 0.6 is 0 Å². The van der Waals surface area contributed by atoms with Gasteiger partial charge in [-0.25, -0.2) is 0 Å². The molecule has 2 rings (SSSR count). The number of hydrogen-bond acceptors (Lipinski definition) is 3. The number of ether oxygens (including phenoxy) is 2. The number of benzene rings is 1. The molecule has 1 aromatic carbocycles. The van der Waals surface area contributed by atoms with Crippen LogP contribution in [0.5, 0.6) is 5.75 Å². The van der Waals surface area contributed by atoms with E-state index in [4.69, 9.17) is 9.47 Å². The van der Waals surface area contributed by atoms with E-state index >= 15 is 0 Å². The van der Waals surface area contributed by atoms with Crippen molar-refractivity contribution in [2.75, 3.05) is 19.8 Å². The summed E-state index contributed by atoms with van der Waals surface area (Å²) in [5.74, 6) is 0.742. The minimum absolute atomic E-state index is 0.0173. The summed E-state index contributed by atoms with van der Waals surface area (Å²) in [6.45, 7) is 6.13. The van der Waals surface area contributed by atoms with Gasteiger partial charge in [0, 0.05) is 24.8 Å². The first-order valence-corrected chi connectivity index (χ1v) is 7.32. The van der Waals surface area contributed by atoms with Crippen molar-refractivity contribution >= 4 is 5.91 Å². The van der Waals surface area contributed by atoms with E-state index in [0.717, 1.165) is 43.8 Å². The molecule has 1 aromatic rings. The maximum Gasteiger partial charge on any atom is 0.251 e. The van der Waals surface area contributed by atoms with Gasteiger partial charge >= 0.3 is 0 Å². The molecule has 1 aliphatic heterocycles. The van der Waals surface area contributed by atoms with Crippen LogP contribution in [-0.2, 0) is 4.74 Å². The average molecular weight is 277 g/mol. The van der Waals surface area contributed by atoms with Crippen molar-refractivity contribution in [1.82, 2.24) is 5.32 Å². The van der Waals surface area contributed by atoms with Gasteiger partial charge in [0.2, 0.25) is 0 Å². The molecule has 4 heteroatoms. The van der Waals surface area contributed by atoms with Gasteiger partial charge in [-0.3, -0.25) is 4.79 Å². The van der Waals surface area contributed by atoms with Crippen LogP contribution in [-0.4, -0.2) is 31.8 Å². The number of aryl methyl sites for hydroxylation is 1. The van der Waals surface area contributed by atoms with E-state index in [1.54, 1.807) is 0 Å². The van der Waals surface area contributed by atoms with Gasteiger partial charge in [-0.1, -0.05) is 13.0 Å². The predicted octanol–water partition coefficient (Wildman–Crippen LogP) is 2.69. The normalized spacial score (nSPS) is 15.9. The van der Waals surface area contributed by atoms with Crippen molar-refractivity contribution in [1.29, 1.82) is 0 Å². The molecule has 0 atom stereocenters. The van der Waals surface area contributed by atoms with E-state index in [1.165, 1.54) is 0 Å². The van der Waals surface area contributed by atoms with Gasteiger partial charge in [-0.05, 0) is 43.9 Å². The molecule has 1 aliphatic rings. The molecule has 1 saturated heterocycles. The maximum atomic E-state index is 12.4. The van der Waals surface area contributed by atoms with Crippen molar-refractivity contribution in [3.05, 3.63) is 29.3 Å². The van der Waals surface area contributed by atoms with E-state index in [2.05, 4.69) is 12.2 Å². The smallest absolute Gasteiger partial charge is 0.251 e. The molecule has 1 N–H and O–H groups in total. The van der Waals surface area contributed by atoms with Crippen molar-refractivity contribution < 1.29 is 14.3 Å². The quantitative estimate of drug-likeness (QED) is 0.900. The van der Waals surface area contributed by atoms with Gasteiger partial charge < -0.3 is 14.8 Å². The second-order valence-corrected chi connectivity index (χ2v) is 5.19. The third-order valence-corrected chi connectivity index (χ3v) is 3.48. The van der Waals surface area contributed by atoms with Gasteiger partial charge in [0.1, 0.15) is 5.75 Å². The zero-order valence-electron chi connectivity index (χ0n) is 12.3. The molecule has 1 heterocycles. The number of hydrogen-bond donors (Lipinski definition) is 1. The maximum absolute atomic E-state index is 12.4. The Hall–Kier alpha value is -1.55. The Balaban J connectivity index is 2.03. The monoisotopic (exact) mass is 277 g/mol. The van der Waals surface area contributed by atoms with E-state index in [1.807, 2.05) is 25.1 Å². The largest absolute Gasteiger partial charge is 0.494 e. The van der Waals surface area contributed by atoms with Crippen LogP contribution in [0.15, 0.2) is 18.2 Å². The summed E-state index contributed by atoms with van der Waals surface area (Å²) < 4.78 is 10.9. The summed E-state index contributed by atoms with van der Waals surface area (Å²) in [4.78, 5) is 12.4. The van der Waals surface area contributed by atoms with Crippen molar-refractivity contribution in [2.24, 2.45) is 0 Å². The summed E-state index contributed by atoms with van der Waals surface area (Å²) in [5, 5.41) is 3.08. The van der Waals surface area contributed by atoms with Crippen molar-refractivity contribution in [3.63, 3.8) is 0 Å². The summed E-state index contributed by atoms with van der Waals surface area (Å²) in [6, 6.07) is 5.90. The summed E-state index contributed by atoms with van der Waals surface area (Å²) >= 11 is 0. The molecule has 0 bridgehead atoms. The standard InChI is InChI=1S/C16H23NO3/c1-3-8-20-14-5-4-12(2)15(11-14)16(18)17-13-6-9-19-10-7-13/h4-5,11,13H,3,6-10H2,1-2H3,(H,17,18). The second kappa shape index (κ2) is 7.29. The number of carbonyl (C=O) groups excluding carboxylic acids is 1. The summed E-state index contributed by atoms with van der Waals surface area (Å²) in [7, 11) is 0. The Morgan fingerprint density at radius 2 is 2.15 bits per heavy atom. The lowest BCUT2D eigenvalue weighted by molar-refractivity contribution is 0.0696. The molecule has 1 amide bonds. The molecule has 0 aromatic heterocycles. The zero-order valence-corrected chi connectivity index (χ0v) is 12.3. The average Bonchev–Trinajstić information content (AvgIpc) is 2.47. The highest BCUT2D eigenvalue weighted by Gasteiger charge is 2.18. The Morgan fingerprint density at radius 3 is 2.85 bits per heavy atom. The molecule has 0 unspecified atom stereocenters. The fourth-order valence-electron chi connectivity index (χ4n) is 2.26. The lowest BCUT2D eigenvalue weighted by Gasteiger charge is -2.23. The topological polar surface area (TPSA) is 47.6 Å². The molecule has 0 saturated carbocycles. The van der Waals surface area contributed by atoms with Crippen LogP contribution in [0.1, 0.15) is 42.1 Å². The van der Waals surface area contributed by atoms with E-state index in [0.29, 0.717) is 12.2 Å². The molecule has 4 nitrogen and oxygen atoms in total. The molecule has 0 radical (unpaired) electrons. The minimum atomic E-state index is -0.0173. The van der Waals surface area contributed by atoms with E-state index < -0.39 is 0 Å². The lowest BCUT2D eigenvalue weighted by atomic mass is 10.1. The predicted molar refractivity (Wildman–Crippen MR) is 78.3 cm³/mol. The molecule has 110 valence electrons. The van der Waals surface area contributed by atoms with Crippen LogP contribution in [0.25, 0.3) is 0 Å². The van der Waals surface area contributed by atoms with Crippen LogP contribution in [0.3, 0.4) is 0 Å². The first-order chi connectivity index (χ1) is 9.70. The lowest BCUT2D eigenvalue weighted by Crippen LogP contribution is -2.39. The Labute approximate surface area is 120 Å². The number of carbonyl (C=O) groups is 1. The Kier molecular flexibility index (Phi) is 5.41. The third-order valence-electron chi connectivity index (χ3n) is 3.48. The van der Waals surface area contributed by atoms with Crippen molar-refractivity contribution in [3.8, 4) is 5.75 Å². The van der Waals surface area contributed by atoms with Crippen LogP contribution in [0.4, 0.5) is 0 Å². The fourth-order valence-corrected chi connectivity index (χ4v) is 2.26. The summed E-state index contributed by atoms with van der Waals surface area (Å²) in [6.07, 6.45) is 2.73. The second-order valence-electron chi connectivity index (χ2n) is 5.19. The highest BCUT2D eigenvalue weighted by molar-refractivity contribution is 5.96. The van der Waals surface area contributed by atoms with E-state index in [-0.39, 0.29) is 11.9 Å². The van der Waals surface area contributed by atoms with Gasteiger partial charge in [-0.15, -0.1) is 0 Å². The molecule has 1 fully saturated rings. The first-order valence-electron chi connectivity index (χ1n) is 7.32. The Bertz CT molecular complexity index is 453. The van der Waals surface area contributed by atoms with Gasteiger partial charge in [-0.2, -0.15) is 0 Å². The molecular weight excluding hydrogens is 254 g/mol. The number of nitrogens with one attached hydrogen (secondary N) is 1. The van der Waals surface area contributed by atoms with Crippen molar-refractivity contribution in [2.45, 2.75) is 39.2 Å². The van der Waals surface area contributed by atoms with Gasteiger partial charge in [0.05, 0.1) is 6.61 Å². The highest BCUT2D eigenvalue weighted by atomic mass is 16.5. The van der Waals surface area contributed by atoms with Crippen LogP contribution in [0, 0.1) is 6.92 Å². The zero-order chi connectivity index (χ0) is 14.4. The van der Waals surface area contributed by atoms with E-state index in [9.17, 15) is 4.79 Å². The van der Waals surface area contributed by atoms with Crippen LogP contribution < -0.4 is 10.1 Å². The van der Waals surface area contributed by atoms with Gasteiger partial charge in [0.15, 0.2) is 0 Å². The molecule has 0 aliphatic carbocycles. The molecule has 0 spiro atoms. The highest BCUT2D eigenvalue weighted by Crippen LogP contribution is 2.18. The molecule has 20 heavy (non-hydrogen) atoms. The SMILES string of the molecule is CCCOc1ccc(C)c(C(=O)NC2CCOCC2)c1. The van der Waals surface area contributed by atoms with Gasteiger partial charge in [0.25, 0.3) is 5.91 Å². The van der Waals surface area contributed by atoms with Crippen LogP contribution in [0.2, 0.25) is 0 Å². The number of rotatable bonds is 5. The minimum Gasteiger partial charge on any atom is -0.494 e. The molecular formula is C16H23NO3. The number of amides is 1. The Morgan fingerprint density at radius 1 is 1.40 bits per heavy atom. The first kappa shape index (κ1) is 14.9. The fraction of sp³-hybridized carbons (Fsp3) is 0.562. The summed E-state index contributed by atoms with van der Waals surface area (Å²) in [5.41, 5.74) is 1.67.